The van der Waals surface area contributed by atoms with Gasteiger partial charge in [0, 0.05) is 10.9 Å². The predicted octanol–water partition coefficient (Wildman–Crippen LogP) is 4.65. The van der Waals surface area contributed by atoms with Crippen LogP contribution in [0.2, 0.25) is 0 Å². The molecule has 0 radical (unpaired) electrons. The van der Waals surface area contributed by atoms with Crippen molar-refractivity contribution < 1.29 is 13.9 Å². The van der Waals surface area contributed by atoms with Crippen LogP contribution in [0.5, 0.6) is 5.75 Å². The SMILES string of the molecule is N#Cc1ccccc1COc1ccc(/C=N/NC(=O)c2cc3ccccc3o2)cc1. The summed E-state index contributed by atoms with van der Waals surface area (Å²) in [5, 5.41) is 14.0. The molecule has 0 saturated heterocycles. The fourth-order valence-electron chi connectivity index (χ4n) is 2.88. The summed E-state index contributed by atoms with van der Waals surface area (Å²) in [5.74, 6) is 0.458. The molecule has 0 unspecified atom stereocenters. The Labute approximate surface area is 173 Å². The third kappa shape index (κ3) is 4.37. The van der Waals surface area contributed by atoms with Gasteiger partial charge < -0.3 is 9.15 Å². The topological polar surface area (TPSA) is 87.6 Å². The lowest BCUT2D eigenvalue weighted by molar-refractivity contribution is 0.0929. The minimum Gasteiger partial charge on any atom is -0.489 e. The minimum atomic E-state index is -0.418. The molecule has 146 valence electrons. The molecular formula is C24H17N3O3. The number of fused-ring (bicyclic) bond motifs is 1. The Morgan fingerprint density at radius 3 is 2.63 bits per heavy atom. The van der Waals surface area contributed by atoms with Gasteiger partial charge in [-0.15, -0.1) is 0 Å². The fraction of sp³-hybridized carbons (Fsp3) is 0.0417. The molecule has 0 saturated carbocycles. The smallest absolute Gasteiger partial charge is 0.307 e. The Morgan fingerprint density at radius 2 is 1.83 bits per heavy atom. The summed E-state index contributed by atoms with van der Waals surface area (Å²) in [5.41, 5.74) is 5.34. The van der Waals surface area contributed by atoms with E-state index in [9.17, 15) is 4.79 Å². The summed E-state index contributed by atoms with van der Waals surface area (Å²) in [6.45, 7) is 0.310. The number of para-hydroxylation sites is 1. The molecule has 4 aromatic rings. The number of nitriles is 1. The molecule has 1 amide bonds. The maximum absolute atomic E-state index is 12.2. The molecule has 0 fully saturated rings. The van der Waals surface area contributed by atoms with Gasteiger partial charge in [-0.25, -0.2) is 5.43 Å². The molecule has 1 aromatic heterocycles. The number of carbonyl (C=O) groups is 1. The largest absolute Gasteiger partial charge is 0.489 e. The molecule has 1 N–H and O–H groups in total. The molecule has 0 aliphatic carbocycles. The summed E-state index contributed by atoms with van der Waals surface area (Å²) < 4.78 is 11.2. The maximum Gasteiger partial charge on any atom is 0.307 e. The van der Waals surface area contributed by atoms with Crippen molar-refractivity contribution in [2.75, 3.05) is 0 Å². The highest BCUT2D eigenvalue weighted by Crippen LogP contribution is 2.18. The Kier molecular flexibility index (Phi) is 5.54. The van der Waals surface area contributed by atoms with Crippen LogP contribution in [0.25, 0.3) is 11.0 Å². The van der Waals surface area contributed by atoms with Crippen molar-refractivity contribution in [3.8, 4) is 11.8 Å². The van der Waals surface area contributed by atoms with E-state index >= 15 is 0 Å². The predicted molar refractivity (Wildman–Crippen MR) is 113 cm³/mol. The second kappa shape index (κ2) is 8.76. The Balaban J connectivity index is 1.33. The number of nitrogens with one attached hydrogen (secondary N) is 1. The highest BCUT2D eigenvalue weighted by atomic mass is 16.5. The first-order chi connectivity index (χ1) is 14.7. The van der Waals surface area contributed by atoms with E-state index in [-0.39, 0.29) is 5.76 Å². The van der Waals surface area contributed by atoms with Gasteiger partial charge in [-0.05, 0) is 48.0 Å². The van der Waals surface area contributed by atoms with E-state index in [1.54, 1.807) is 30.3 Å². The van der Waals surface area contributed by atoms with Crippen LogP contribution < -0.4 is 10.2 Å². The molecule has 0 atom stereocenters. The van der Waals surface area contributed by atoms with E-state index < -0.39 is 5.91 Å². The average Bonchev–Trinajstić information content (AvgIpc) is 3.23. The lowest BCUT2D eigenvalue weighted by atomic mass is 10.1. The van der Waals surface area contributed by atoms with Crippen molar-refractivity contribution in [1.82, 2.24) is 5.43 Å². The van der Waals surface area contributed by atoms with Gasteiger partial charge in [0.2, 0.25) is 0 Å². The van der Waals surface area contributed by atoms with Gasteiger partial charge in [0.05, 0.1) is 17.8 Å². The van der Waals surface area contributed by atoms with Crippen molar-refractivity contribution in [1.29, 1.82) is 5.26 Å². The van der Waals surface area contributed by atoms with Crippen molar-refractivity contribution in [2.45, 2.75) is 6.61 Å². The molecule has 6 nitrogen and oxygen atoms in total. The standard InChI is InChI=1S/C24H17N3O3/c25-14-19-6-1-2-7-20(19)16-29-21-11-9-17(10-12-21)15-26-27-24(28)23-13-18-5-3-4-8-22(18)30-23/h1-13,15H,16H2,(H,27,28)/b26-15+. The zero-order valence-electron chi connectivity index (χ0n) is 15.9. The van der Waals surface area contributed by atoms with E-state index in [0.29, 0.717) is 23.5 Å². The van der Waals surface area contributed by atoms with E-state index in [0.717, 1.165) is 16.5 Å². The Morgan fingerprint density at radius 1 is 1.07 bits per heavy atom. The average molecular weight is 395 g/mol. The first kappa shape index (κ1) is 19.0. The number of rotatable bonds is 6. The number of hydrazone groups is 1. The van der Waals surface area contributed by atoms with E-state index in [4.69, 9.17) is 14.4 Å². The zero-order valence-corrected chi connectivity index (χ0v) is 15.9. The van der Waals surface area contributed by atoms with Gasteiger partial charge in [0.1, 0.15) is 17.9 Å². The summed E-state index contributed by atoms with van der Waals surface area (Å²) in [6, 6.07) is 25.8. The first-order valence-corrected chi connectivity index (χ1v) is 9.26. The normalized spacial score (nSPS) is 10.8. The lowest BCUT2D eigenvalue weighted by Crippen LogP contribution is -2.16. The van der Waals surface area contributed by atoms with Crippen LogP contribution in [0.15, 0.2) is 88.4 Å². The summed E-state index contributed by atoms with van der Waals surface area (Å²) >= 11 is 0. The molecule has 0 spiro atoms. The Bertz CT molecular complexity index is 1220. The number of hydrogen-bond acceptors (Lipinski definition) is 5. The van der Waals surface area contributed by atoms with Crippen LogP contribution in [-0.2, 0) is 6.61 Å². The van der Waals surface area contributed by atoms with E-state index in [2.05, 4.69) is 16.6 Å². The minimum absolute atomic E-state index is 0.203. The van der Waals surface area contributed by atoms with Crippen molar-refractivity contribution >= 4 is 23.1 Å². The number of nitrogens with zero attached hydrogens (tertiary/aromatic N) is 2. The number of carbonyl (C=O) groups excluding carboxylic acids is 1. The van der Waals surface area contributed by atoms with Crippen molar-refractivity contribution in [3.05, 3.63) is 101 Å². The molecule has 30 heavy (non-hydrogen) atoms. The van der Waals surface area contributed by atoms with Crippen LogP contribution in [-0.4, -0.2) is 12.1 Å². The third-order valence-corrected chi connectivity index (χ3v) is 4.44. The highest BCUT2D eigenvalue weighted by Gasteiger charge is 2.10. The Hall–Kier alpha value is -4.37. The van der Waals surface area contributed by atoms with Gasteiger partial charge in [-0.2, -0.15) is 10.4 Å². The van der Waals surface area contributed by atoms with Crippen LogP contribution in [0.1, 0.15) is 27.2 Å². The zero-order chi connectivity index (χ0) is 20.8. The number of amides is 1. The summed E-state index contributed by atoms with van der Waals surface area (Å²) in [7, 11) is 0. The monoisotopic (exact) mass is 395 g/mol. The number of benzene rings is 3. The van der Waals surface area contributed by atoms with Gasteiger partial charge in [-0.1, -0.05) is 36.4 Å². The lowest BCUT2D eigenvalue weighted by Gasteiger charge is -2.07. The van der Waals surface area contributed by atoms with Gasteiger partial charge in [-0.3, -0.25) is 4.79 Å². The maximum atomic E-state index is 12.2. The van der Waals surface area contributed by atoms with Gasteiger partial charge >= 0.3 is 5.91 Å². The second-order valence-electron chi connectivity index (χ2n) is 6.47. The third-order valence-electron chi connectivity index (χ3n) is 4.44. The molecule has 3 aromatic carbocycles. The molecule has 6 heteroatoms. The quantitative estimate of drug-likeness (QED) is 0.380. The molecular weight excluding hydrogens is 378 g/mol. The van der Waals surface area contributed by atoms with Crippen molar-refractivity contribution in [3.63, 3.8) is 0 Å². The second-order valence-corrected chi connectivity index (χ2v) is 6.47. The first-order valence-electron chi connectivity index (χ1n) is 9.26. The van der Waals surface area contributed by atoms with Crippen LogP contribution in [0, 0.1) is 11.3 Å². The molecule has 4 rings (SSSR count). The van der Waals surface area contributed by atoms with Crippen molar-refractivity contribution in [2.24, 2.45) is 5.10 Å². The number of hydrogen-bond donors (Lipinski definition) is 1. The van der Waals surface area contributed by atoms with Crippen LogP contribution in [0.3, 0.4) is 0 Å². The molecule has 0 aliphatic heterocycles. The van der Waals surface area contributed by atoms with Crippen LogP contribution in [0.4, 0.5) is 0 Å². The van der Waals surface area contributed by atoms with Gasteiger partial charge in [0.15, 0.2) is 5.76 Å². The summed E-state index contributed by atoms with van der Waals surface area (Å²) in [6.07, 6.45) is 1.54. The van der Waals surface area contributed by atoms with Crippen LogP contribution >= 0.6 is 0 Å². The molecule has 0 bridgehead atoms. The fourth-order valence-corrected chi connectivity index (χ4v) is 2.88. The number of furan rings is 1. The highest BCUT2D eigenvalue weighted by molar-refractivity contribution is 5.96. The van der Waals surface area contributed by atoms with E-state index in [1.165, 1.54) is 6.21 Å². The molecule has 0 aliphatic rings. The molecule has 1 heterocycles. The summed E-state index contributed by atoms with van der Waals surface area (Å²) in [4.78, 5) is 12.2. The van der Waals surface area contributed by atoms with E-state index in [1.807, 2.05) is 48.5 Å². The number of ether oxygens (including phenoxy) is 1. The van der Waals surface area contributed by atoms with Gasteiger partial charge in [0.25, 0.3) is 0 Å².